The average molecular weight is 269 g/mol. The molecule has 2 rings (SSSR count). The maximum atomic E-state index is 13.0. The smallest absolute Gasteiger partial charge is 0.307 e. The van der Waals surface area contributed by atoms with Crippen LogP contribution in [0.15, 0.2) is 18.2 Å². The van der Waals surface area contributed by atoms with Gasteiger partial charge in [0.1, 0.15) is 11.6 Å². The highest BCUT2D eigenvalue weighted by molar-refractivity contribution is 5.95. The number of hydrogen-bond acceptors (Lipinski definition) is 2. The Labute approximate surface area is 108 Å². The van der Waals surface area contributed by atoms with Gasteiger partial charge in [0, 0.05) is 11.8 Å². The number of hydrogen-bond donors (Lipinski definition) is 2. The number of carboxylic acids is 1. The van der Waals surface area contributed by atoms with E-state index in [0.29, 0.717) is 25.3 Å². The van der Waals surface area contributed by atoms with Gasteiger partial charge in [0.25, 0.3) is 0 Å². The van der Waals surface area contributed by atoms with E-state index in [9.17, 15) is 18.4 Å². The zero-order chi connectivity index (χ0) is 14.0. The van der Waals surface area contributed by atoms with Crippen LogP contribution in [-0.2, 0) is 9.59 Å². The molecule has 0 unspecified atom stereocenters. The highest BCUT2D eigenvalue weighted by Crippen LogP contribution is 2.32. The molecule has 1 fully saturated rings. The molecule has 102 valence electrons. The van der Waals surface area contributed by atoms with Gasteiger partial charge in [-0.05, 0) is 25.0 Å². The van der Waals surface area contributed by atoms with E-state index >= 15 is 0 Å². The van der Waals surface area contributed by atoms with Crippen LogP contribution in [0.3, 0.4) is 0 Å². The SMILES string of the molecule is O=C(O)[C@H]1CCC[C@H]1C(=O)Nc1cc(F)cc(F)c1. The van der Waals surface area contributed by atoms with Gasteiger partial charge >= 0.3 is 5.97 Å². The first-order chi connectivity index (χ1) is 8.97. The van der Waals surface area contributed by atoms with Crippen LogP contribution in [0.2, 0.25) is 0 Å². The molecule has 1 aromatic carbocycles. The van der Waals surface area contributed by atoms with E-state index in [0.717, 1.165) is 12.1 Å². The molecule has 1 saturated carbocycles. The molecular weight excluding hydrogens is 256 g/mol. The van der Waals surface area contributed by atoms with E-state index in [2.05, 4.69) is 5.32 Å². The molecular formula is C13H13F2NO3. The second-order valence-electron chi connectivity index (χ2n) is 4.63. The zero-order valence-corrected chi connectivity index (χ0v) is 10.0. The Kier molecular flexibility index (Phi) is 3.78. The minimum Gasteiger partial charge on any atom is -0.481 e. The monoisotopic (exact) mass is 269 g/mol. The second-order valence-corrected chi connectivity index (χ2v) is 4.63. The third kappa shape index (κ3) is 3.07. The third-order valence-corrected chi connectivity index (χ3v) is 3.30. The van der Waals surface area contributed by atoms with Crippen molar-refractivity contribution in [2.45, 2.75) is 19.3 Å². The van der Waals surface area contributed by atoms with Gasteiger partial charge in [-0.15, -0.1) is 0 Å². The Bertz CT molecular complexity index is 498. The molecule has 1 aromatic rings. The van der Waals surface area contributed by atoms with E-state index in [-0.39, 0.29) is 5.69 Å². The van der Waals surface area contributed by atoms with Gasteiger partial charge in [0.05, 0.1) is 11.8 Å². The van der Waals surface area contributed by atoms with Gasteiger partial charge in [-0.1, -0.05) is 6.42 Å². The number of anilines is 1. The molecule has 1 aliphatic carbocycles. The van der Waals surface area contributed by atoms with E-state index < -0.39 is 35.3 Å². The topological polar surface area (TPSA) is 66.4 Å². The van der Waals surface area contributed by atoms with Crippen molar-refractivity contribution in [2.75, 3.05) is 5.32 Å². The number of nitrogens with one attached hydrogen (secondary N) is 1. The maximum Gasteiger partial charge on any atom is 0.307 e. The lowest BCUT2D eigenvalue weighted by molar-refractivity contribution is -0.145. The second kappa shape index (κ2) is 5.34. The molecule has 0 radical (unpaired) electrons. The van der Waals surface area contributed by atoms with Crippen molar-refractivity contribution < 1.29 is 23.5 Å². The van der Waals surface area contributed by atoms with Crippen molar-refractivity contribution in [1.29, 1.82) is 0 Å². The first-order valence-corrected chi connectivity index (χ1v) is 5.97. The molecule has 2 atom stereocenters. The average Bonchev–Trinajstić information content (AvgIpc) is 2.75. The summed E-state index contributed by atoms with van der Waals surface area (Å²) in [6.45, 7) is 0. The van der Waals surface area contributed by atoms with Crippen LogP contribution in [0.1, 0.15) is 19.3 Å². The van der Waals surface area contributed by atoms with E-state index in [1.807, 2.05) is 0 Å². The van der Waals surface area contributed by atoms with Crippen molar-refractivity contribution >= 4 is 17.6 Å². The Morgan fingerprint density at radius 1 is 1.11 bits per heavy atom. The highest BCUT2D eigenvalue weighted by Gasteiger charge is 2.37. The van der Waals surface area contributed by atoms with Gasteiger partial charge < -0.3 is 10.4 Å². The lowest BCUT2D eigenvalue weighted by Crippen LogP contribution is -2.30. The van der Waals surface area contributed by atoms with Crippen LogP contribution in [0.4, 0.5) is 14.5 Å². The molecule has 2 N–H and O–H groups in total. The minimum atomic E-state index is -1.01. The lowest BCUT2D eigenvalue weighted by Gasteiger charge is -2.15. The summed E-state index contributed by atoms with van der Waals surface area (Å²) in [4.78, 5) is 22.9. The first-order valence-electron chi connectivity index (χ1n) is 5.97. The fraction of sp³-hybridized carbons (Fsp3) is 0.385. The molecule has 0 heterocycles. The van der Waals surface area contributed by atoms with Crippen molar-refractivity contribution in [3.8, 4) is 0 Å². The molecule has 19 heavy (non-hydrogen) atoms. The number of rotatable bonds is 3. The number of aliphatic carboxylic acids is 1. The standard InChI is InChI=1S/C13H13F2NO3/c14-7-4-8(15)6-9(5-7)16-12(17)10-2-1-3-11(10)13(18)19/h4-6,10-11H,1-3H2,(H,16,17)(H,18,19)/t10-,11+/m1/s1. The van der Waals surface area contributed by atoms with E-state index in [1.54, 1.807) is 0 Å². The van der Waals surface area contributed by atoms with Crippen LogP contribution in [0, 0.1) is 23.5 Å². The van der Waals surface area contributed by atoms with Crippen LogP contribution in [0.25, 0.3) is 0 Å². The molecule has 1 aliphatic rings. The molecule has 0 aliphatic heterocycles. The zero-order valence-electron chi connectivity index (χ0n) is 10.0. The van der Waals surface area contributed by atoms with Gasteiger partial charge in [-0.25, -0.2) is 8.78 Å². The van der Waals surface area contributed by atoms with E-state index in [4.69, 9.17) is 5.11 Å². The van der Waals surface area contributed by atoms with Crippen LogP contribution in [0.5, 0.6) is 0 Å². The summed E-state index contributed by atoms with van der Waals surface area (Å²) < 4.78 is 26.0. The van der Waals surface area contributed by atoms with Gasteiger partial charge in [-0.3, -0.25) is 9.59 Å². The van der Waals surface area contributed by atoms with Crippen molar-refractivity contribution in [3.05, 3.63) is 29.8 Å². The number of carbonyl (C=O) groups excluding carboxylic acids is 1. The molecule has 0 aromatic heterocycles. The molecule has 0 saturated heterocycles. The van der Waals surface area contributed by atoms with Crippen molar-refractivity contribution in [1.82, 2.24) is 0 Å². The third-order valence-electron chi connectivity index (χ3n) is 3.30. The summed E-state index contributed by atoms with van der Waals surface area (Å²) >= 11 is 0. The number of halogens is 2. The Balaban J connectivity index is 2.10. The first kappa shape index (κ1) is 13.5. The van der Waals surface area contributed by atoms with Crippen molar-refractivity contribution in [3.63, 3.8) is 0 Å². The summed E-state index contributed by atoms with van der Waals surface area (Å²) in [5.41, 5.74) is -0.00135. The fourth-order valence-electron chi connectivity index (χ4n) is 2.43. The quantitative estimate of drug-likeness (QED) is 0.885. The van der Waals surface area contributed by atoms with Crippen LogP contribution < -0.4 is 5.32 Å². The number of carboxylic acid groups (broad SMARTS) is 1. The maximum absolute atomic E-state index is 13.0. The predicted octanol–water partition coefficient (Wildman–Crippen LogP) is 2.40. The van der Waals surface area contributed by atoms with Crippen molar-refractivity contribution in [2.24, 2.45) is 11.8 Å². The highest BCUT2D eigenvalue weighted by atomic mass is 19.1. The van der Waals surface area contributed by atoms with E-state index in [1.165, 1.54) is 0 Å². The lowest BCUT2D eigenvalue weighted by atomic mass is 9.95. The Morgan fingerprint density at radius 3 is 2.26 bits per heavy atom. The molecule has 0 spiro atoms. The number of amides is 1. The predicted molar refractivity (Wildman–Crippen MR) is 63.5 cm³/mol. The minimum absolute atomic E-state index is 0.00135. The van der Waals surface area contributed by atoms with Gasteiger partial charge in [0.2, 0.25) is 5.91 Å². The van der Waals surface area contributed by atoms with Crippen LogP contribution >= 0.6 is 0 Å². The van der Waals surface area contributed by atoms with Crippen LogP contribution in [-0.4, -0.2) is 17.0 Å². The van der Waals surface area contributed by atoms with Gasteiger partial charge in [0.15, 0.2) is 0 Å². The molecule has 1 amide bonds. The summed E-state index contributed by atoms with van der Waals surface area (Å²) in [6, 6.07) is 2.68. The summed E-state index contributed by atoms with van der Waals surface area (Å²) in [6.07, 6.45) is 1.58. The summed E-state index contributed by atoms with van der Waals surface area (Å²) in [5, 5.41) is 11.4. The Morgan fingerprint density at radius 2 is 1.68 bits per heavy atom. The largest absolute Gasteiger partial charge is 0.481 e. The summed E-state index contributed by atoms with van der Waals surface area (Å²) in [5.74, 6) is -4.48. The van der Waals surface area contributed by atoms with Gasteiger partial charge in [-0.2, -0.15) is 0 Å². The molecule has 4 nitrogen and oxygen atoms in total. The molecule has 6 heteroatoms. The molecule has 0 bridgehead atoms. The Hall–Kier alpha value is -1.98. The fourth-order valence-corrected chi connectivity index (χ4v) is 2.43. The normalized spacial score (nSPS) is 22.2. The number of carbonyl (C=O) groups is 2. The number of benzene rings is 1. The summed E-state index contributed by atoms with van der Waals surface area (Å²) in [7, 11) is 0.